The van der Waals surface area contributed by atoms with E-state index in [1.807, 2.05) is 0 Å². The molecular weight excluding hydrogens is 156 g/mol. The molecule has 0 aliphatic carbocycles. The number of hydrogen-bond donors (Lipinski definition) is 3. The normalized spacial score (nSPS) is 35.0. The summed E-state index contributed by atoms with van der Waals surface area (Å²) in [7, 11) is 0. The van der Waals surface area contributed by atoms with Gasteiger partial charge in [-0.05, 0) is 19.4 Å². The number of aliphatic imine (C=N–C) groups is 1. The van der Waals surface area contributed by atoms with Gasteiger partial charge in [0.15, 0.2) is 0 Å². The van der Waals surface area contributed by atoms with Gasteiger partial charge in [0, 0.05) is 6.54 Å². The summed E-state index contributed by atoms with van der Waals surface area (Å²) >= 11 is 0. The summed E-state index contributed by atoms with van der Waals surface area (Å²) in [6.07, 6.45) is 1.91. The van der Waals surface area contributed by atoms with E-state index in [0.29, 0.717) is 12.4 Å². The maximum Gasteiger partial charge on any atom is 0.343 e. The number of amides is 2. The highest BCUT2D eigenvalue weighted by atomic mass is 16.2. The van der Waals surface area contributed by atoms with Crippen molar-refractivity contribution in [3.05, 3.63) is 0 Å². The number of hydrogen-bond acceptors (Lipinski definition) is 3. The molecule has 2 amide bonds. The smallest absolute Gasteiger partial charge is 0.343 e. The third-order valence-electron chi connectivity index (χ3n) is 2.44. The monoisotopic (exact) mass is 168 g/mol. The van der Waals surface area contributed by atoms with E-state index in [0.717, 1.165) is 19.4 Å². The van der Waals surface area contributed by atoms with E-state index >= 15 is 0 Å². The average molecular weight is 168 g/mol. The largest absolute Gasteiger partial charge is 0.385 e. The van der Waals surface area contributed by atoms with E-state index in [4.69, 9.17) is 5.73 Å². The predicted octanol–water partition coefficient (Wildman–Crippen LogP) is -0.811. The Morgan fingerprint density at radius 2 is 2.42 bits per heavy atom. The van der Waals surface area contributed by atoms with Crippen molar-refractivity contribution in [1.82, 2.24) is 10.6 Å². The summed E-state index contributed by atoms with van der Waals surface area (Å²) in [6.45, 7) is 1.69. The van der Waals surface area contributed by atoms with Crippen LogP contribution in [0.2, 0.25) is 0 Å². The lowest BCUT2D eigenvalue weighted by Crippen LogP contribution is -2.60. The number of nitrogens with zero attached hydrogens (tertiary/aromatic N) is 1. The first-order valence-corrected chi connectivity index (χ1v) is 4.10. The van der Waals surface area contributed by atoms with Crippen molar-refractivity contribution in [2.24, 2.45) is 10.7 Å². The molecule has 0 aromatic carbocycles. The second-order valence-electron chi connectivity index (χ2n) is 3.29. The van der Waals surface area contributed by atoms with Crippen LogP contribution in [0, 0.1) is 0 Å². The zero-order chi connectivity index (χ0) is 8.60. The standard InChI is InChI=1S/C7H12N4O/c8-5-7(11-6(12)10-5)2-1-3-9-4-7/h9H,1-4H2,(H3,8,10,11,12). The van der Waals surface area contributed by atoms with E-state index < -0.39 is 0 Å². The van der Waals surface area contributed by atoms with Gasteiger partial charge in [-0.25, -0.2) is 4.79 Å². The Morgan fingerprint density at radius 3 is 2.92 bits per heavy atom. The zero-order valence-electron chi connectivity index (χ0n) is 6.76. The molecule has 66 valence electrons. The molecule has 0 aromatic heterocycles. The Kier molecular flexibility index (Phi) is 1.54. The predicted molar refractivity (Wildman–Crippen MR) is 45.0 cm³/mol. The maximum absolute atomic E-state index is 10.9. The Hall–Kier alpha value is -1.10. The van der Waals surface area contributed by atoms with E-state index in [1.165, 1.54) is 0 Å². The summed E-state index contributed by atoms with van der Waals surface area (Å²) in [4.78, 5) is 14.6. The first kappa shape index (κ1) is 7.54. The molecule has 1 saturated heterocycles. The van der Waals surface area contributed by atoms with Crippen LogP contribution >= 0.6 is 0 Å². The highest BCUT2D eigenvalue weighted by molar-refractivity contribution is 6.06. The van der Waals surface area contributed by atoms with Crippen molar-refractivity contribution in [3.8, 4) is 0 Å². The van der Waals surface area contributed by atoms with Gasteiger partial charge in [-0.15, -0.1) is 0 Å². The van der Waals surface area contributed by atoms with Crippen LogP contribution in [0.5, 0.6) is 0 Å². The fourth-order valence-electron chi connectivity index (χ4n) is 1.74. The molecule has 0 radical (unpaired) electrons. The van der Waals surface area contributed by atoms with Gasteiger partial charge in [-0.3, -0.25) is 0 Å². The molecule has 1 fully saturated rings. The van der Waals surface area contributed by atoms with Crippen LogP contribution in [0.15, 0.2) is 4.99 Å². The molecule has 1 spiro atoms. The number of carbonyl (C=O) groups excluding carboxylic acids is 1. The highest BCUT2D eigenvalue weighted by Gasteiger charge is 2.41. The molecule has 5 heteroatoms. The summed E-state index contributed by atoms with van der Waals surface area (Å²) in [6, 6.07) is -0.309. The van der Waals surface area contributed by atoms with Crippen molar-refractivity contribution in [2.75, 3.05) is 13.1 Å². The molecule has 2 aliphatic heterocycles. The quantitative estimate of drug-likeness (QED) is 0.442. The van der Waals surface area contributed by atoms with Gasteiger partial charge < -0.3 is 16.4 Å². The number of piperidine rings is 1. The summed E-state index contributed by atoms with van der Waals surface area (Å²) in [5.74, 6) is 0.430. The molecular formula is C7H12N4O. The van der Waals surface area contributed by atoms with Crippen molar-refractivity contribution in [2.45, 2.75) is 18.4 Å². The molecule has 1 atom stereocenters. The lowest BCUT2D eigenvalue weighted by Gasteiger charge is -2.33. The minimum Gasteiger partial charge on any atom is -0.385 e. The lowest BCUT2D eigenvalue weighted by atomic mass is 9.90. The second kappa shape index (κ2) is 2.45. The Bertz CT molecular complexity index is 242. The molecule has 12 heavy (non-hydrogen) atoms. The maximum atomic E-state index is 10.9. The molecule has 2 rings (SSSR count). The number of amidine groups is 1. The molecule has 2 aliphatic rings. The Balaban J connectivity index is 2.21. The third kappa shape index (κ3) is 0.972. The third-order valence-corrected chi connectivity index (χ3v) is 2.44. The van der Waals surface area contributed by atoms with Gasteiger partial charge in [0.1, 0.15) is 11.4 Å². The van der Waals surface area contributed by atoms with Gasteiger partial charge >= 0.3 is 6.03 Å². The van der Waals surface area contributed by atoms with Gasteiger partial charge in [-0.2, -0.15) is 4.99 Å². The van der Waals surface area contributed by atoms with Crippen LogP contribution in [0.1, 0.15) is 12.8 Å². The molecule has 0 bridgehead atoms. The van der Waals surface area contributed by atoms with Crippen molar-refractivity contribution in [3.63, 3.8) is 0 Å². The van der Waals surface area contributed by atoms with Gasteiger partial charge in [0.2, 0.25) is 0 Å². The second-order valence-corrected chi connectivity index (χ2v) is 3.29. The van der Waals surface area contributed by atoms with Crippen molar-refractivity contribution in [1.29, 1.82) is 0 Å². The Labute approximate surface area is 70.4 Å². The molecule has 4 N–H and O–H groups in total. The number of carbonyl (C=O) groups is 1. The molecule has 2 heterocycles. The van der Waals surface area contributed by atoms with E-state index in [-0.39, 0.29) is 11.6 Å². The fourth-order valence-corrected chi connectivity index (χ4v) is 1.74. The summed E-state index contributed by atoms with van der Waals surface area (Å²) in [5.41, 5.74) is 5.28. The first-order valence-electron chi connectivity index (χ1n) is 4.10. The highest BCUT2D eigenvalue weighted by Crippen LogP contribution is 2.20. The summed E-state index contributed by atoms with van der Waals surface area (Å²) in [5, 5.41) is 5.98. The van der Waals surface area contributed by atoms with Crippen LogP contribution < -0.4 is 16.4 Å². The number of urea groups is 1. The van der Waals surface area contributed by atoms with E-state index in [9.17, 15) is 4.79 Å². The topological polar surface area (TPSA) is 79.5 Å². The molecule has 0 aromatic rings. The lowest BCUT2D eigenvalue weighted by molar-refractivity contribution is 0.241. The Morgan fingerprint density at radius 1 is 1.58 bits per heavy atom. The van der Waals surface area contributed by atoms with Crippen molar-refractivity contribution >= 4 is 11.9 Å². The van der Waals surface area contributed by atoms with Crippen LogP contribution in [0.3, 0.4) is 0 Å². The average Bonchev–Trinajstić information content (AvgIpc) is 2.29. The SMILES string of the molecule is NC1=NC(=O)NC12CCCNC2. The minimum atomic E-state index is -0.380. The van der Waals surface area contributed by atoms with Crippen LogP contribution in [-0.4, -0.2) is 30.5 Å². The number of nitrogens with two attached hydrogens (primary N) is 1. The first-order chi connectivity index (χ1) is 5.73. The van der Waals surface area contributed by atoms with E-state index in [1.54, 1.807) is 0 Å². The van der Waals surface area contributed by atoms with Crippen molar-refractivity contribution < 1.29 is 4.79 Å². The molecule has 0 saturated carbocycles. The van der Waals surface area contributed by atoms with Gasteiger partial charge in [-0.1, -0.05) is 0 Å². The minimum absolute atomic E-state index is 0.309. The van der Waals surface area contributed by atoms with Gasteiger partial charge in [0.05, 0.1) is 0 Å². The number of rotatable bonds is 0. The van der Waals surface area contributed by atoms with Crippen LogP contribution in [0.4, 0.5) is 4.79 Å². The fraction of sp³-hybridized carbons (Fsp3) is 0.714. The van der Waals surface area contributed by atoms with E-state index in [2.05, 4.69) is 15.6 Å². The van der Waals surface area contributed by atoms with Gasteiger partial charge in [0.25, 0.3) is 0 Å². The molecule has 5 nitrogen and oxygen atoms in total. The molecule has 1 unspecified atom stereocenters. The zero-order valence-corrected chi connectivity index (χ0v) is 6.76. The van der Waals surface area contributed by atoms with Crippen LogP contribution in [-0.2, 0) is 0 Å². The summed E-state index contributed by atoms with van der Waals surface area (Å²) < 4.78 is 0. The number of nitrogens with one attached hydrogen (secondary N) is 2. The van der Waals surface area contributed by atoms with Crippen LogP contribution in [0.25, 0.3) is 0 Å².